The van der Waals surface area contributed by atoms with Gasteiger partial charge in [-0.2, -0.15) is 13.2 Å². The Morgan fingerprint density at radius 3 is 2.62 bits per heavy atom. The van der Waals surface area contributed by atoms with E-state index in [1.165, 1.54) is 24.1 Å². The maximum Gasteiger partial charge on any atom is 0.416 e. The standard InChI is InChI=1S/C20H17F3N4OS/c21-20(22,23)14-3-1-13(2-4-14)7-8-28-15-5-6-17-16(9-15)18(10-25-17)27-29-19-11-24-12-26-19/h1-6,9-12,25,27H,7-8H2,(H,24,26). The zero-order chi connectivity index (χ0) is 20.3. The molecule has 0 aliphatic heterocycles. The molecule has 29 heavy (non-hydrogen) atoms. The molecule has 0 aliphatic carbocycles. The first-order valence-electron chi connectivity index (χ1n) is 8.80. The van der Waals surface area contributed by atoms with Gasteiger partial charge < -0.3 is 19.4 Å². The van der Waals surface area contributed by atoms with Gasteiger partial charge in [-0.25, -0.2) is 4.98 Å². The van der Waals surface area contributed by atoms with E-state index < -0.39 is 11.7 Å². The van der Waals surface area contributed by atoms with Gasteiger partial charge in [-0.05, 0) is 35.9 Å². The van der Waals surface area contributed by atoms with E-state index in [4.69, 9.17) is 4.74 Å². The Morgan fingerprint density at radius 1 is 1.07 bits per heavy atom. The first-order chi connectivity index (χ1) is 14.0. The number of aromatic amines is 2. The van der Waals surface area contributed by atoms with Crippen LogP contribution in [0.1, 0.15) is 11.1 Å². The van der Waals surface area contributed by atoms with Crippen molar-refractivity contribution in [2.45, 2.75) is 17.6 Å². The molecule has 5 nitrogen and oxygen atoms in total. The predicted molar refractivity (Wildman–Crippen MR) is 107 cm³/mol. The molecule has 2 heterocycles. The second kappa shape index (κ2) is 8.12. The van der Waals surface area contributed by atoms with Crippen LogP contribution >= 0.6 is 11.9 Å². The second-order valence-electron chi connectivity index (χ2n) is 6.32. The molecule has 0 bridgehead atoms. The zero-order valence-corrected chi connectivity index (χ0v) is 15.9. The van der Waals surface area contributed by atoms with E-state index in [1.807, 2.05) is 24.4 Å². The summed E-state index contributed by atoms with van der Waals surface area (Å²) in [7, 11) is 0. The number of imidazole rings is 1. The van der Waals surface area contributed by atoms with Crippen molar-refractivity contribution in [3.8, 4) is 5.75 Å². The minimum atomic E-state index is -4.32. The van der Waals surface area contributed by atoms with Crippen LogP contribution in [0, 0.1) is 0 Å². The monoisotopic (exact) mass is 418 g/mol. The number of anilines is 1. The van der Waals surface area contributed by atoms with Gasteiger partial charge in [-0.15, -0.1) is 0 Å². The lowest BCUT2D eigenvalue weighted by atomic mass is 10.1. The Kier molecular flexibility index (Phi) is 5.39. The topological polar surface area (TPSA) is 65.7 Å². The normalized spacial score (nSPS) is 11.7. The van der Waals surface area contributed by atoms with Gasteiger partial charge in [0.15, 0.2) is 0 Å². The molecular formula is C20H17F3N4OS. The first kappa shape index (κ1) is 19.3. The summed E-state index contributed by atoms with van der Waals surface area (Å²) in [6, 6.07) is 10.9. The molecule has 0 saturated carbocycles. The molecule has 0 saturated heterocycles. The quantitative estimate of drug-likeness (QED) is 0.339. The number of ether oxygens (including phenoxy) is 1. The summed E-state index contributed by atoms with van der Waals surface area (Å²) in [6.07, 6.45) is 1.41. The Hall–Kier alpha value is -3.07. The smallest absolute Gasteiger partial charge is 0.416 e. The van der Waals surface area contributed by atoms with Crippen molar-refractivity contribution < 1.29 is 17.9 Å². The number of aromatic nitrogens is 3. The molecule has 0 spiro atoms. The summed E-state index contributed by atoms with van der Waals surface area (Å²) in [5.74, 6) is 0.693. The number of halogens is 3. The molecule has 0 amide bonds. The predicted octanol–water partition coefficient (Wildman–Crippen LogP) is 5.65. The summed E-state index contributed by atoms with van der Waals surface area (Å²) in [5.41, 5.74) is 2.02. The summed E-state index contributed by atoms with van der Waals surface area (Å²) >= 11 is 1.41. The van der Waals surface area contributed by atoms with Crippen LogP contribution in [0.15, 0.2) is 66.2 Å². The van der Waals surface area contributed by atoms with Crippen LogP contribution in [0.4, 0.5) is 18.9 Å². The van der Waals surface area contributed by atoms with Crippen LogP contribution in [0.3, 0.4) is 0 Å². The fourth-order valence-corrected chi connectivity index (χ4v) is 3.44. The maximum absolute atomic E-state index is 12.6. The van der Waals surface area contributed by atoms with E-state index in [-0.39, 0.29) is 0 Å². The second-order valence-corrected chi connectivity index (χ2v) is 7.17. The SMILES string of the molecule is FC(F)(F)c1ccc(CCOc2ccc3[nH]cc(NSc4cnc[nH]4)c3c2)cc1. The number of rotatable bonds is 7. The zero-order valence-electron chi connectivity index (χ0n) is 15.1. The molecule has 150 valence electrons. The highest BCUT2D eigenvalue weighted by Crippen LogP contribution is 2.31. The third-order valence-electron chi connectivity index (χ3n) is 4.34. The summed E-state index contributed by atoms with van der Waals surface area (Å²) in [6.45, 7) is 0.368. The average molecular weight is 418 g/mol. The van der Waals surface area contributed by atoms with Crippen molar-refractivity contribution >= 4 is 28.5 Å². The third-order valence-corrected chi connectivity index (χ3v) is 5.10. The number of hydrogen-bond donors (Lipinski definition) is 3. The van der Waals surface area contributed by atoms with Crippen LogP contribution in [0.25, 0.3) is 10.9 Å². The number of H-pyrrole nitrogens is 2. The van der Waals surface area contributed by atoms with Crippen molar-refractivity contribution in [2.24, 2.45) is 0 Å². The van der Waals surface area contributed by atoms with Crippen LogP contribution in [0.5, 0.6) is 5.75 Å². The molecule has 0 fully saturated rings. The fourth-order valence-electron chi connectivity index (χ4n) is 2.83. The molecule has 4 aromatic rings. The molecule has 3 N–H and O–H groups in total. The van der Waals surface area contributed by atoms with E-state index in [1.54, 1.807) is 12.5 Å². The third kappa shape index (κ3) is 4.68. The van der Waals surface area contributed by atoms with Crippen molar-refractivity contribution in [2.75, 3.05) is 11.3 Å². The van der Waals surface area contributed by atoms with E-state index >= 15 is 0 Å². The number of alkyl halides is 3. The Bertz CT molecular complexity index is 1080. The van der Waals surface area contributed by atoms with Crippen molar-refractivity contribution in [3.05, 3.63) is 72.3 Å². The van der Waals surface area contributed by atoms with E-state index in [9.17, 15) is 13.2 Å². The number of nitrogens with zero attached hydrogens (tertiary/aromatic N) is 1. The summed E-state index contributed by atoms with van der Waals surface area (Å²) in [5, 5.41) is 1.87. The number of fused-ring (bicyclic) bond motifs is 1. The number of benzene rings is 2. The minimum absolute atomic E-state index is 0.368. The van der Waals surface area contributed by atoms with Crippen molar-refractivity contribution in [1.29, 1.82) is 0 Å². The number of hydrogen-bond acceptors (Lipinski definition) is 4. The Balaban J connectivity index is 1.37. The molecule has 0 radical (unpaired) electrons. The molecule has 2 aromatic heterocycles. The molecular weight excluding hydrogens is 401 g/mol. The van der Waals surface area contributed by atoms with Gasteiger partial charge in [0.05, 0.1) is 30.4 Å². The maximum atomic E-state index is 12.6. The Morgan fingerprint density at radius 2 is 1.90 bits per heavy atom. The molecule has 9 heteroatoms. The van der Waals surface area contributed by atoms with Gasteiger partial charge in [-0.1, -0.05) is 12.1 Å². The lowest BCUT2D eigenvalue weighted by Gasteiger charge is -2.09. The molecule has 0 aliphatic rings. The molecule has 0 atom stereocenters. The first-order valence-corrected chi connectivity index (χ1v) is 9.62. The molecule has 0 unspecified atom stereocenters. The van der Waals surface area contributed by atoms with E-state index in [0.717, 1.165) is 39.3 Å². The van der Waals surface area contributed by atoms with E-state index in [0.29, 0.717) is 18.8 Å². The number of nitrogens with one attached hydrogen (secondary N) is 3. The fraction of sp³-hybridized carbons (Fsp3) is 0.150. The molecule has 4 rings (SSSR count). The highest BCUT2D eigenvalue weighted by atomic mass is 32.2. The van der Waals surface area contributed by atoms with Crippen molar-refractivity contribution in [1.82, 2.24) is 15.0 Å². The van der Waals surface area contributed by atoms with Crippen LogP contribution in [0.2, 0.25) is 0 Å². The van der Waals surface area contributed by atoms with Gasteiger partial charge in [-0.3, -0.25) is 0 Å². The average Bonchev–Trinajstić information content (AvgIpc) is 3.35. The van der Waals surface area contributed by atoms with Gasteiger partial charge in [0, 0.05) is 35.5 Å². The van der Waals surface area contributed by atoms with E-state index in [2.05, 4.69) is 19.7 Å². The highest BCUT2D eigenvalue weighted by Gasteiger charge is 2.29. The Labute approximate surface area is 168 Å². The summed E-state index contributed by atoms with van der Waals surface area (Å²) in [4.78, 5) is 10.2. The molecule has 2 aromatic carbocycles. The van der Waals surface area contributed by atoms with Crippen LogP contribution < -0.4 is 9.46 Å². The largest absolute Gasteiger partial charge is 0.493 e. The van der Waals surface area contributed by atoms with Crippen LogP contribution in [-0.4, -0.2) is 21.6 Å². The van der Waals surface area contributed by atoms with Crippen molar-refractivity contribution in [3.63, 3.8) is 0 Å². The van der Waals surface area contributed by atoms with Gasteiger partial charge in [0.2, 0.25) is 0 Å². The minimum Gasteiger partial charge on any atom is -0.493 e. The van der Waals surface area contributed by atoms with Gasteiger partial charge in [0.25, 0.3) is 0 Å². The van der Waals surface area contributed by atoms with Gasteiger partial charge >= 0.3 is 6.18 Å². The van der Waals surface area contributed by atoms with Crippen LogP contribution in [-0.2, 0) is 12.6 Å². The lowest BCUT2D eigenvalue weighted by Crippen LogP contribution is -2.05. The highest BCUT2D eigenvalue weighted by molar-refractivity contribution is 8.00. The summed E-state index contributed by atoms with van der Waals surface area (Å²) < 4.78 is 46.9. The lowest BCUT2D eigenvalue weighted by molar-refractivity contribution is -0.137. The van der Waals surface area contributed by atoms with Gasteiger partial charge in [0.1, 0.15) is 10.8 Å².